The fourth-order valence-electron chi connectivity index (χ4n) is 3.35. The Hall–Kier alpha value is -2.37. The van der Waals surface area contributed by atoms with Crippen LogP contribution in [-0.4, -0.2) is 94.8 Å². The van der Waals surface area contributed by atoms with E-state index in [1.165, 1.54) is 32.4 Å². The third kappa shape index (κ3) is 5.61. The van der Waals surface area contributed by atoms with Crippen molar-refractivity contribution < 1.29 is 37.3 Å². The molecule has 11 heteroatoms. The molecule has 1 N–H and O–H groups in total. The van der Waals surface area contributed by atoms with Crippen LogP contribution in [0.4, 0.5) is 24.5 Å². The van der Waals surface area contributed by atoms with Crippen molar-refractivity contribution in [2.45, 2.75) is 12.2 Å². The van der Waals surface area contributed by atoms with Crippen molar-refractivity contribution in [2.75, 3.05) is 70.5 Å². The topological polar surface area (TPSA) is 82.6 Å². The number of likely N-dealkylation sites (N-methyl/N-ethyl adjacent to an activating group) is 1. The predicted molar refractivity (Wildman–Crippen MR) is 104 cm³/mol. The van der Waals surface area contributed by atoms with Crippen molar-refractivity contribution in [3.63, 3.8) is 0 Å². The van der Waals surface area contributed by atoms with Crippen molar-refractivity contribution in [3.05, 3.63) is 23.8 Å². The number of piperazine rings is 1. The monoisotopic (exact) mass is 433 g/mol. The van der Waals surface area contributed by atoms with E-state index in [1.54, 1.807) is 0 Å². The Morgan fingerprint density at radius 3 is 2.17 bits per heavy atom. The van der Waals surface area contributed by atoms with Crippen LogP contribution >= 0.6 is 0 Å². The van der Waals surface area contributed by atoms with E-state index < -0.39 is 29.7 Å². The summed E-state index contributed by atoms with van der Waals surface area (Å²) in [5.41, 5.74) is -0.223. The minimum atomic E-state index is -5.21. The fraction of sp³-hybridized carbons (Fsp3) is 0.579. The van der Waals surface area contributed by atoms with Gasteiger partial charge in [0.25, 0.3) is 0 Å². The number of benzene rings is 1. The Morgan fingerprint density at radius 1 is 1.13 bits per heavy atom. The molecule has 0 aromatic heterocycles. The molecule has 0 unspecified atom stereocenters. The number of methoxy groups -OCH3 is 2. The molecule has 1 aliphatic rings. The lowest BCUT2D eigenvalue weighted by Gasteiger charge is -2.36. The second-order valence-electron chi connectivity index (χ2n) is 7.03. The minimum Gasteiger partial charge on any atom is -0.478 e. The van der Waals surface area contributed by atoms with Crippen molar-refractivity contribution in [3.8, 4) is 0 Å². The average molecular weight is 433 g/mol. The summed E-state index contributed by atoms with van der Waals surface area (Å²) in [6, 6.07) is 2.90. The normalized spacial score (nSPS) is 15.5. The highest BCUT2D eigenvalue weighted by Gasteiger charge is 2.46. The van der Waals surface area contributed by atoms with Gasteiger partial charge in [-0.05, 0) is 25.2 Å². The maximum atomic E-state index is 13.4. The lowest BCUT2D eigenvalue weighted by atomic mass is 10.1. The second-order valence-corrected chi connectivity index (χ2v) is 7.03. The number of carboxylic acid groups (broad SMARTS) is 1. The molecule has 1 aliphatic heterocycles. The summed E-state index contributed by atoms with van der Waals surface area (Å²) in [4.78, 5) is 28.6. The van der Waals surface area contributed by atoms with Gasteiger partial charge in [-0.1, -0.05) is 0 Å². The molecule has 1 saturated heterocycles. The van der Waals surface area contributed by atoms with E-state index in [9.17, 15) is 27.9 Å². The van der Waals surface area contributed by atoms with E-state index in [4.69, 9.17) is 9.47 Å². The number of hydrogen-bond acceptors (Lipinski definition) is 6. The molecule has 0 atom stereocenters. The van der Waals surface area contributed by atoms with Gasteiger partial charge in [0.1, 0.15) is 0 Å². The van der Waals surface area contributed by atoms with Gasteiger partial charge in [-0.25, -0.2) is 4.79 Å². The van der Waals surface area contributed by atoms with Gasteiger partial charge in [0.2, 0.25) is 0 Å². The van der Waals surface area contributed by atoms with Crippen LogP contribution in [0.1, 0.15) is 10.4 Å². The summed E-state index contributed by atoms with van der Waals surface area (Å²) in [5.74, 6) is -3.62. The first-order valence-corrected chi connectivity index (χ1v) is 9.29. The summed E-state index contributed by atoms with van der Waals surface area (Å²) >= 11 is 0. The zero-order chi connectivity index (χ0) is 22.5. The molecular weight excluding hydrogens is 407 g/mol. The molecule has 2 rings (SSSR count). The van der Waals surface area contributed by atoms with Gasteiger partial charge in [0.15, 0.2) is 0 Å². The quantitative estimate of drug-likeness (QED) is 0.668. The molecule has 30 heavy (non-hydrogen) atoms. The first-order valence-electron chi connectivity index (χ1n) is 9.29. The molecule has 1 aromatic rings. The second kappa shape index (κ2) is 10.1. The highest BCUT2D eigenvalue weighted by atomic mass is 19.4. The average Bonchev–Trinajstić information content (AvgIpc) is 2.68. The number of aromatic carboxylic acids is 1. The van der Waals surface area contributed by atoms with E-state index in [1.807, 2.05) is 11.9 Å². The van der Waals surface area contributed by atoms with Gasteiger partial charge in [-0.15, -0.1) is 0 Å². The number of carbonyl (C=O) groups is 2. The summed E-state index contributed by atoms with van der Waals surface area (Å²) in [6.45, 7) is 2.19. The van der Waals surface area contributed by atoms with Gasteiger partial charge < -0.3 is 24.4 Å². The SMILES string of the molecule is COCC(COC)N(C(=O)C(F)(F)F)c1cc(N2CCN(C)CC2)ccc1C(=O)O. The molecule has 0 bridgehead atoms. The lowest BCUT2D eigenvalue weighted by molar-refractivity contribution is -0.171. The van der Waals surface area contributed by atoms with Crippen LogP contribution in [-0.2, 0) is 14.3 Å². The largest absolute Gasteiger partial charge is 0.478 e. The van der Waals surface area contributed by atoms with Crippen molar-refractivity contribution >= 4 is 23.3 Å². The van der Waals surface area contributed by atoms with Crippen LogP contribution in [0.15, 0.2) is 18.2 Å². The zero-order valence-corrected chi connectivity index (χ0v) is 17.1. The molecule has 1 fully saturated rings. The van der Waals surface area contributed by atoms with Crippen LogP contribution in [0.5, 0.6) is 0 Å². The Bertz CT molecular complexity index is 745. The molecule has 0 radical (unpaired) electrons. The Balaban J connectivity index is 2.59. The first kappa shape index (κ1) is 23.9. The molecule has 0 spiro atoms. The standard InChI is InChI=1S/C19H26F3N3O5/c1-23-6-8-24(9-7-23)13-4-5-15(17(26)27)16(10-13)25(18(28)19(20,21)22)14(11-29-2)12-30-3/h4-5,10,14H,6-9,11-12H2,1-3H3,(H,26,27). The molecule has 0 aliphatic carbocycles. The van der Waals surface area contributed by atoms with Crippen LogP contribution < -0.4 is 9.80 Å². The number of carbonyl (C=O) groups excluding carboxylic acids is 1. The predicted octanol–water partition coefficient (Wildman–Crippen LogP) is 1.69. The number of nitrogens with zero attached hydrogens (tertiary/aromatic N) is 3. The molecule has 1 amide bonds. The molecule has 8 nitrogen and oxygen atoms in total. The summed E-state index contributed by atoms with van der Waals surface area (Å²) in [7, 11) is 4.51. The molecule has 0 saturated carbocycles. The van der Waals surface area contributed by atoms with Gasteiger partial charge >= 0.3 is 18.1 Å². The Morgan fingerprint density at radius 2 is 1.70 bits per heavy atom. The van der Waals surface area contributed by atoms with Gasteiger partial charge in [0, 0.05) is 46.1 Å². The Labute approximate surface area is 172 Å². The van der Waals surface area contributed by atoms with E-state index in [2.05, 4.69) is 4.90 Å². The number of anilines is 2. The van der Waals surface area contributed by atoms with E-state index >= 15 is 0 Å². The van der Waals surface area contributed by atoms with Crippen LogP contribution in [0.2, 0.25) is 0 Å². The van der Waals surface area contributed by atoms with Crippen molar-refractivity contribution in [2.24, 2.45) is 0 Å². The van der Waals surface area contributed by atoms with Gasteiger partial charge in [-0.3, -0.25) is 9.69 Å². The zero-order valence-electron chi connectivity index (χ0n) is 17.1. The van der Waals surface area contributed by atoms with Crippen molar-refractivity contribution in [1.29, 1.82) is 0 Å². The Kier molecular flexibility index (Phi) is 8.04. The van der Waals surface area contributed by atoms with Crippen molar-refractivity contribution in [1.82, 2.24) is 4.90 Å². The number of ether oxygens (including phenoxy) is 2. The maximum Gasteiger partial charge on any atom is 0.471 e. The number of carboxylic acids is 1. The molecule has 168 valence electrons. The summed E-state index contributed by atoms with van der Waals surface area (Å²) < 4.78 is 50.2. The molecular formula is C19H26F3N3O5. The van der Waals surface area contributed by atoms with E-state index in [-0.39, 0.29) is 18.9 Å². The van der Waals surface area contributed by atoms with Crippen LogP contribution in [0.25, 0.3) is 0 Å². The minimum absolute atomic E-state index is 0.270. The van der Waals surface area contributed by atoms with E-state index in [0.29, 0.717) is 23.7 Å². The lowest BCUT2D eigenvalue weighted by Crippen LogP contribution is -2.51. The van der Waals surface area contributed by atoms with Gasteiger partial charge in [-0.2, -0.15) is 13.2 Å². The summed E-state index contributed by atoms with van der Waals surface area (Å²) in [5, 5.41) is 9.57. The van der Waals surface area contributed by atoms with Crippen LogP contribution in [0, 0.1) is 0 Å². The third-order valence-electron chi connectivity index (χ3n) is 4.88. The number of hydrogen-bond donors (Lipinski definition) is 1. The molecule has 1 aromatic carbocycles. The number of amides is 1. The highest BCUT2D eigenvalue weighted by Crippen LogP contribution is 2.33. The first-order chi connectivity index (χ1) is 14.1. The smallest absolute Gasteiger partial charge is 0.471 e. The molecule has 1 heterocycles. The fourth-order valence-corrected chi connectivity index (χ4v) is 3.35. The summed E-state index contributed by atoms with van der Waals surface area (Å²) in [6.07, 6.45) is -5.21. The van der Waals surface area contributed by atoms with Gasteiger partial charge in [0.05, 0.1) is 30.5 Å². The number of rotatable bonds is 8. The van der Waals surface area contributed by atoms with Crippen LogP contribution in [0.3, 0.4) is 0 Å². The highest BCUT2D eigenvalue weighted by molar-refractivity contribution is 6.05. The number of halogens is 3. The maximum absolute atomic E-state index is 13.4. The van der Waals surface area contributed by atoms with E-state index in [0.717, 1.165) is 13.1 Å². The number of alkyl halides is 3. The third-order valence-corrected chi connectivity index (χ3v) is 4.88.